The number of nitrogens with one attached hydrogen (secondary N) is 1. The summed E-state index contributed by atoms with van der Waals surface area (Å²) in [5, 5.41) is 7.65. The normalized spacial score (nSPS) is 10.9. The van der Waals surface area contributed by atoms with Gasteiger partial charge >= 0.3 is 0 Å². The molecule has 0 atom stereocenters. The van der Waals surface area contributed by atoms with Crippen molar-refractivity contribution in [1.29, 1.82) is 0 Å². The van der Waals surface area contributed by atoms with E-state index in [-0.39, 0.29) is 0 Å². The average Bonchev–Trinajstić information content (AvgIpc) is 2.72. The van der Waals surface area contributed by atoms with Crippen LogP contribution in [-0.2, 0) is 0 Å². The summed E-state index contributed by atoms with van der Waals surface area (Å²) in [7, 11) is 0. The predicted molar refractivity (Wildman–Crippen MR) is 77.1 cm³/mol. The van der Waals surface area contributed by atoms with Crippen LogP contribution in [0.5, 0.6) is 0 Å². The van der Waals surface area contributed by atoms with Gasteiger partial charge in [0.05, 0.1) is 5.52 Å². The first-order valence-corrected chi connectivity index (χ1v) is 6.47. The fraction of sp³-hybridized carbons (Fsp3) is 0. The van der Waals surface area contributed by atoms with E-state index in [0.29, 0.717) is 5.15 Å². The van der Waals surface area contributed by atoms with E-state index in [1.54, 1.807) is 0 Å². The zero-order valence-electron chi connectivity index (χ0n) is 8.61. The van der Waals surface area contributed by atoms with Gasteiger partial charge in [-0.3, -0.25) is 5.10 Å². The van der Waals surface area contributed by atoms with Gasteiger partial charge in [-0.05, 0) is 34.2 Å². The van der Waals surface area contributed by atoms with Crippen LogP contribution in [0.1, 0.15) is 0 Å². The molecule has 0 aliphatic heterocycles. The highest BCUT2D eigenvalue weighted by atomic mass is 127. The van der Waals surface area contributed by atoms with Crippen molar-refractivity contribution in [3.8, 4) is 11.1 Å². The van der Waals surface area contributed by atoms with Crippen molar-refractivity contribution >= 4 is 45.2 Å². The molecule has 5 heteroatoms. The Hall–Kier alpha value is -1.14. The number of nitrogens with zero attached hydrogens (tertiary/aromatic N) is 2. The Balaban J connectivity index is 2.36. The van der Waals surface area contributed by atoms with Crippen molar-refractivity contribution in [2.75, 3.05) is 0 Å². The topological polar surface area (TPSA) is 41.6 Å². The molecule has 1 N–H and O–H groups in total. The molecule has 0 amide bonds. The molecule has 0 saturated carbocycles. The predicted octanol–water partition coefficient (Wildman–Crippen LogP) is 3.88. The maximum Gasteiger partial charge on any atom is 0.149 e. The second-order valence-electron chi connectivity index (χ2n) is 3.60. The van der Waals surface area contributed by atoms with Crippen LogP contribution in [0.25, 0.3) is 22.2 Å². The van der Waals surface area contributed by atoms with Crippen molar-refractivity contribution in [3.05, 3.63) is 45.3 Å². The number of H-pyrrole nitrogens is 1. The van der Waals surface area contributed by atoms with Gasteiger partial charge in [0, 0.05) is 5.56 Å². The number of fused-ring (bicyclic) bond motifs is 1. The number of benzene rings is 1. The third kappa shape index (κ3) is 1.91. The smallest absolute Gasteiger partial charge is 0.149 e. The van der Waals surface area contributed by atoms with Gasteiger partial charge in [0.2, 0.25) is 0 Å². The van der Waals surface area contributed by atoms with Gasteiger partial charge in [0.25, 0.3) is 0 Å². The molecular formula is C12H7ClIN3. The molecular weight excluding hydrogens is 349 g/mol. The molecule has 2 aromatic heterocycles. The van der Waals surface area contributed by atoms with Gasteiger partial charge in [-0.15, -0.1) is 0 Å². The Labute approximate surface area is 116 Å². The molecule has 17 heavy (non-hydrogen) atoms. The summed E-state index contributed by atoms with van der Waals surface area (Å²) < 4.78 is 0.831. The maximum absolute atomic E-state index is 6.05. The van der Waals surface area contributed by atoms with Crippen LogP contribution in [0.3, 0.4) is 0 Å². The third-order valence-corrected chi connectivity index (χ3v) is 3.48. The monoisotopic (exact) mass is 355 g/mol. The molecule has 0 fully saturated rings. The Morgan fingerprint density at radius 1 is 1.18 bits per heavy atom. The molecule has 84 valence electrons. The molecule has 0 bridgehead atoms. The van der Waals surface area contributed by atoms with E-state index < -0.39 is 0 Å². The maximum atomic E-state index is 6.05. The van der Waals surface area contributed by atoms with Crippen LogP contribution in [0.15, 0.2) is 36.4 Å². The molecule has 3 nitrogen and oxygen atoms in total. The zero-order chi connectivity index (χ0) is 11.8. The lowest BCUT2D eigenvalue weighted by Crippen LogP contribution is -1.84. The molecule has 0 spiro atoms. The fourth-order valence-corrected chi connectivity index (χ4v) is 2.48. The summed E-state index contributed by atoms with van der Waals surface area (Å²) in [6.07, 6.45) is 0. The molecule has 3 rings (SSSR count). The Kier molecular flexibility index (Phi) is 2.76. The van der Waals surface area contributed by atoms with Gasteiger partial charge < -0.3 is 0 Å². The summed E-state index contributed by atoms with van der Waals surface area (Å²) in [4.78, 5) is 4.29. The molecule has 3 aromatic rings. The van der Waals surface area contributed by atoms with Crippen LogP contribution in [-0.4, -0.2) is 15.2 Å². The van der Waals surface area contributed by atoms with Gasteiger partial charge in [-0.25, -0.2) is 4.98 Å². The van der Waals surface area contributed by atoms with Crippen molar-refractivity contribution < 1.29 is 0 Å². The minimum atomic E-state index is 0.482. The first-order valence-electron chi connectivity index (χ1n) is 5.01. The van der Waals surface area contributed by atoms with Crippen molar-refractivity contribution in [2.24, 2.45) is 0 Å². The van der Waals surface area contributed by atoms with E-state index in [9.17, 15) is 0 Å². The van der Waals surface area contributed by atoms with E-state index in [0.717, 1.165) is 25.9 Å². The minimum Gasteiger partial charge on any atom is -0.274 e. The summed E-state index contributed by atoms with van der Waals surface area (Å²) >= 11 is 8.19. The number of aromatic nitrogens is 3. The van der Waals surface area contributed by atoms with Crippen LogP contribution >= 0.6 is 34.2 Å². The Morgan fingerprint density at radius 3 is 2.71 bits per heavy atom. The second-order valence-corrected chi connectivity index (χ2v) is 5.01. The number of hydrogen-bond donors (Lipinski definition) is 1. The standard InChI is InChI=1S/C12H7ClIN3/c13-9-6-8(7-4-2-1-3-5-7)10-11(15-9)12(14)17-16-10/h1-6H,(H,16,17). The third-order valence-electron chi connectivity index (χ3n) is 2.53. The fourth-order valence-electron chi connectivity index (χ4n) is 1.78. The molecule has 0 aliphatic carbocycles. The molecule has 1 aromatic carbocycles. The average molecular weight is 356 g/mol. The molecule has 0 unspecified atom stereocenters. The van der Waals surface area contributed by atoms with Crippen molar-refractivity contribution in [1.82, 2.24) is 15.2 Å². The molecule has 0 aliphatic rings. The highest BCUT2D eigenvalue weighted by molar-refractivity contribution is 14.1. The van der Waals surface area contributed by atoms with Crippen LogP contribution in [0.2, 0.25) is 5.15 Å². The molecule has 0 saturated heterocycles. The van der Waals surface area contributed by atoms with E-state index in [1.807, 2.05) is 36.4 Å². The van der Waals surface area contributed by atoms with Crippen LogP contribution in [0.4, 0.5) is 0 Å². The first kappa shape index (κ1) is 11.0. The van der Waals surface area contributed by atoms with E-state index in [1.165, 1.54) is 0 Å². The lowest BCUT2D eigenvalue weighted by Gasteiger charge is -2.03. The zero-order valence-corrected chi connectivity index (χ0v) is 11.5. The SMILES string of the molecule is Clc1cc(-c2ccccc2)c2[nH]nc(I)c2n1. The number of aromatic amines is 1. The quantitative estimate of drug-likeness (QED) is 0.531. The van der Waals surface area contributed by atoms with E-state index >= 15 is 0 Å². The lowest BCUT2D eigenvalue weighted by molar-refractivity contribution is 1.09. The summed E-state index contributed by atoms with van der Waals surface area (Å²) in [5.41, 5.74) is 3.86. The highest BCUT2D eigenvalue weighted by Gasteiger charge is 2.11. The van der Waals surface area contributed by atoms with Gasteiger partial charge in [-0.1, -0.05) is 41.9 Å². The minimum absolute atomic E-state index is 0.482. The molecule has 2 heterocycles. The highest BCUT2D eigenvalue weighted by Crippen LogP contribution is 2.30. The number of pyridine rings is 1. The number of halogens is 2. The largest absolute Gasteiger partial charge is 0.274 e. The van der Waals surface area contributed by atoms with Gasteiger partial charge in [0.1, 0.15) is 14.4 Å². The van der Waals surface area contributed by atoms with E-state index in [4.69, 9.17) is 11.6 Å². The van der Waals surface area contributed by atoms with Gasteiger partial charge in [0.15, 0.2) is 0 Å². The summed E-state index contributed by atoms with van der Waals surface area (Å²) in [5.74, 6) is 0. The van der Waals surface area contributed by atoms with Crippen LogP contribution < -0.4 is 0 Å². The summed E-state index contributed by atoms with van der Waals surface area (Å²) in [6, 6.07) is 11.9. The Bertz CT molecular complexity index is 679. The molecule has 0 radical (unpaired) electrons. The van der Waals surface area contributed by atoms with E-state index in [2.05, 4.69) is 37.8 Å². The number of hydrogen-bond acceptors (Lipinski definition) is 2. The second kappa shape index (κ2) is 4.27. The number of rotatable bonds is 1. The van der Waals surface area contributed by atoms with Crippen molar-refractivity contribution in [2.45, 2.75) is 0 Å². The van der Waals surface area contributed by atoms with Crippen molar-refractivity contribution in [3.63, 3.8) is 0 Å². The first-order chi connectivity index (χ1) is 8.25. The summed E-state index contributed by atoms with van der Waals surface area (Å²) in [6.45, 7) is 0. The Morgan fingerprint density at radius 2 is 1.94 bits per heavy atom. The lowest BCUT2D eigenvalue weighted by atomic mass is 10.1. The van der Waals surface area contributed by atoms with Gasteiger partial charge in [-0.2, -0.15) is 5.10 Å². The van der Waals surface area contributed by atoms with Crippen LogP contribution in [0, 0.1) is 3.70 Å².